The molecule has 0 aliphatic carbocycles. The van der Waals surface area contributed by atoms with Crippen molar-refractivity contribution >= 4 is 17.3 Å². The molecule has 4 rings (SSSR count). The highest BCUT2D eigenvalue weighted by Gasteiger charge is 2.24. The van der Waals surface area contributed by atoms with E-state index in [9.17, 15) is 9.18 Å². The van der Waals surface area contributed by atoms with Crippen LogP contribution in [0, 0.1) is 19.7 Å². The van der Waals surface area contributed by atoms with Gasteiger partial charge in [-0.25, -0.2) is 9.07 Å². The number of hydrogen-bond donors (Lipinski definition) is 1. The summed E-state index contributed by atoms with van der Waals surface area (Å²) < 4.78 is 22.3. The first kappa shape index (κ1) is 21.1. The quantitative estimate of drug-likeness (QED) is 0.673. The summed E-state index contributed by atoms with van der Waals surface area (Å²) in [7, 11) is 0. The fourth-order valence-corrected chi connectivity index (χ4v) is 4.06. The van der Waals surface area contributed by atoms with E-state index in [1.807, 2.05) is 55.5 Å². The SMILES string of the molecule is Cc1cc(C)n(-c2ccc(C(=O)Nc3ccc(N4CC(C)OC(C)C4)c(F)c3)cc2)n1. The van der Waals surface area contributed by atoms with Crippen LogP contribution in [0.4, 0.5) is 15.8 Å². The maximum absolute atomic E-state index is 14.8. The van der Waals surface area contributed by atoms with E-state index in [1.54, 1.807) is 24.3 Å². The predicted molar refractivity (Wildman–Crippen MR) is 120 cm³/mol. The van der Waals surface area contributed by atoms with E-state index in [1.165, 1.54) is 6.07 Å². The van der Waals surface area contributed by atoms with Crippen LogP contribution in [0.15, 0.2) is 48.5 Å². The molecule has 7 heteroatoms. The highest BCUT2D eigenvalue weighted by Crippen LogP contribution is 2.26. The lowest BCUT2D eigenvalue weighted by molar-refractivity contribution is -0.00539. The number of anilines is 2. The number of benzene rings is 2. The molecular formula is C24H27FN4O2. The van der Waals surface area contributed by atoms with E-state index in [0.717, 1.165) is 17.1 Å². The molecule has 0 saturated carbocycles. The molecule has 1 aromatic heterocycles. The fourth-order valence-electron chi connectivity index (χ4n) is 4.06. The van der Waals surface area contributed by atoms with Crippen LogP contribution in [0.5, 0.6) is 0 Å². The topological polar surface area (TPSA) is 59.4 Å². The Bertz CT molecular complexity index is 1080. The average molecular weight is 423 g/mol. The third kappa shape index (κ3) is 4.61. The molecule has 2 aromatic carbocycles. The monoisotopic (exact) mass is 422 g/mol. The first-order valence-corrected chi connectivity index (χ1v) is 10.4. The summed E-state index contributed by atoms with van der Waals surface area (Å²) in [5.74, 6) is -0.653. The Morgan fingerprint density at radius 3 is 2.32 bits per heavy atom. The number of nitrogens with one attached hydrogen (secondary N) is 1. The molecule has 0 radical (unpaired) electrons. The van der Waals surface area contributed by atoms with Gasteiger partial charge in [-0.3, -0.25) is 4.79 Å². The number of morpholine rings is 1. The molecule has 0 spiro atoms. The maximum atomic E-state index is 14.8. The zero-order valence-electron chi connectivity index (χ0n) is 18.2. The van der Waals surface area contributed by atoms with Crippen molar-refractivity contribution in [3.05, 3.63) is 71.3 Å². The van der Waals surface area contributed by atoms with Crippen LogP contribution in [-0.4, -0.2) is 41.0 Å². The Labute approximate surface area is 181 Å². The summed E-state index contributed by atoms with van der Waals surface area (Å²) in [5.41, 5.74) is 4.27. The molecule has 1 fully saturated rings. The number of rotatable bonds is 4. The predicted octanol–water partition coefficient (Wildman–Crippen LogP) is 4.49. The molecule has 1 aliphatic rings. The van der Waals surface area contributed by atoms with Crippen LogP contribution in [0.2, 0.25) is 0 Å². The molecule has 162 valence electrons. The van der Waals surface area contributed by atoms with Crippen molar-refractivity contribution in [1.29, 1.82) is 0 Å². The zero-order chi connectivity index (χ0) is 22.1. The van der Waals surface area contributed by atoms with Crippen molar-refractivity contribution in [2.45, 2.75) is 39.9 Å². The number of halogens is 1. The van der Waals surface area contributed by atoms with Crippen LogP contribution in [0.25, 0.3) is 5.69 Å². The molecule has 0 bridgehead atoms. The molecule has 6 nitrogen and oxygen atoms in total. The summed E-state index contributed by atoms with van der Waals surface area (Å²) in [4.78, 5) is 14.6. The highest BCUT2D eigenvalue weighted by atomic mass is 19.1. The van der Waals surface area contributed by atoms with Crippen LogP contribution >= 0.6 is 0 Å². The minimum absolute atomic E-state index is 0.0416. The molecule has 3 aromatic rings. The largest absolute Gasteiger partial charge is 0.372 e. The second-order valence-corrected chi connectivity index (χ2v) is 8.17. The molecule has 2 heterocycles. The molecule has 2 unspecified atom stereocenters. The lowest BCUT2D eigenvalue weighted by atomic mass is 10.1. The van der Waals surface area contributed by atoms with Crippen molar-refractivity contribution < 1.29 is 13.9 Å². The van der Waals surface area contributed by atoms with Crippen molar-refractivity contribution in [2.75, 3.05) is 23.3 Å². The van der Waals surface area contributed by atoms with E-state index < -0.39 is 0 Å². The third-order valence-electron chi connectivity index (χ3n) is 5.35. The van der Waals surface area contributed by atoms with Crippen molar-refractivity contribution in [2.24, 2.45) is 0 Å². The molecule has 1 aliphatic heterocycles. The van der Waals surface area contributed by atoms with E-state index in [4.69, 9.17) is 4.74 Å². The van der Waals surface area contributed by atoms with Crippen molar-refractivity contribution in [3.63, 3.8) is 0 Å². The number of amides is 1. The van der Waals surface area contributed by atoms with E-state index in [-0.39, 0.29) is 23.9 Å². The minimum Gasteiger partial charge on any atom is -0.372 e. The standard InChI is InChI=1S/C24H27FN4O2/c1-15-11-16(2)29(27-15)21-8-5-19(6-9-21)24(30)26-20-7-10-23(22(25)12-20)28-13-17(3)31-18(4)14-28/h5-12,17-18H,13-14H2,1-4H3,(H,26,30). The smallest absolute Gasteiger partial charge is 0.255 e. The number of nitrogens with zero attached hydrogens (tertiary/aromatic N) is 3. The van der Waals surface area contributed by atoms with Gasteiger partial charge in [0.2, 0.25) is 0 Å². The third-order valence-corrected chi connectivity index (χ3v) is 5.35. The van der Waals surface area contributed by atoms with Gasteiger partial charge in [-0.2, -0.15) is 5.10 Å². The number of hydrogen-bond acceptors (Lipinski definition) is 4. The Balaban J connectivity index is 1.46. The molecule has 1 N–H and O–H groups in total. The number of aromatic nitrogens is 2. The van der Waals surface area contributed by atoms with Gasteiger partial charge in [-0.15, -0.1) is 0 Å². The Morgan fingerprint density at radius 2 is 1.74 bits per heavy atom. The second kappa shape index (κ2) is 8.51. The Kier molecular flexibility index (Phi) is 5.78. The molecule has 2 atom stereocenters. The number of carbonyl (C=O) groups is 1. The van der Waals surface area contributed by atoms with Crippen molar-refractivity contribution in [3.8, 4) is 5.69 Å². The second-order valence-electron chi connectivity index (χ2n) is 8.17. The van der Waals surface area contributed by atoms with Gasteiger partial charge in [-0.1, -0.05) is 0 Å². The first-order valence-electron chi connectivity index (χ1n) is 10.4. The number of carbonyl (C=O) groups excluding carboxylic acids is 1. The van der Waals surface area contributed by atoms with Crippen LogP contribution in [0.3, 0.4) is 0 Å². The minimum atomic E-state index is -0.362. The fraction of sp³-hybridized carbons (Fsp3) is 0.333. The Hall–Kier alpha value is -3.19. The molecular weight excluding hydrogens is 395 g/mol. The summed E-state index contributed by atoms with van der Waals surface area (Å²) >= 11 is 0. The highest BCUT2D eigenvalue weighted by molar-refractivity contribution is 6.04. The van der Waals surface area contributed by atoms with Crippen LogP contribution in [0.1, 0.15) is 35.6 Å². The molecule has 1 amide bonds. The van der Waals surface area contributed by atoms with Crippen LogP contribution in [-0.2, 0) is 4.74 Å². The lowest BCUT2D eigenvalue weighted by Gasteiger charge is -2.37. The van der Waals surface area contributed by atoms with Gasteiger partial charge in [0.05, 0.1) is 29.3 Å². The first-order chi connectivity index (χ1) is 14.8. The van der Waals surface area contributed by atoms with Gasteiger partial charge < -0.3 is 15.0 Å². The number of ether oxygens (including phenoxy) is 1. The maximum Gasteiger partial charge on any atom is 0.255 e. The normalized spacial score (nSPS) is 18.8. The molecule has 1 saturated heterocycles. The Morgan fingerprint density at radius 1 is 1.06 bits per heavy atom. The lowest BCUT2D eigenvalue weighted by Crippen LogP contribution is -2.45. The van der Waals surface area contributed by atoms with E-state index in [0.29, 0.717) is 30.0 Å². The average Bonchev–Trinajstić information content (AvgIpc) is 3.05. The van der Waals surface area contributed by atoms with Crippen molar-refractivity contribution in [1.82, 2.24) is 9.78 Å². The zero-order valence-corrected chi connectivity index (χ0v) is 18.2. The van der Waals surface area contributed by atoms with E-state index in [2.05, 4.69) is 10.4 Å². The van der Waals surface area contributed by atoms with Gasteiger partial charge >= 0.3 is 0 Å². The van der Waals surface area contributed by atoms with Gasteiger partial charge in [-0.05, 0) is 76.2 Å². The summed E-state index contributed by atoms with van der Waals surface area (Å²) in [6, 6.07) is 14.0. The summed E-state index contributed by atoms with van der Waals surface area (Å²) in [5, 5.41) is 7.23. The van der Waals surface area contributed by atoms with E-state index >= 15 is 0 Å². The van der Waals surface area contributed by atoms with Crippen LogP contribution < -0.4 is 10.2 Å². The summed E-state index contributed by atoms with van der Waals surface area (Å²) in [6.45, 7) is 9.15. The number of aryl methyl sites for hydroxylation is 2. The summed E-state index contributed by atoms with van der Waals surface area (Å²) in [6.07, 6.45) is 0.0832. The van der Waals surface area contributed by atoms with Gasteiger partial charge in [0.1, 0.15) is 5.82 Å². The van der Waals surface area contributed by atoms with Gasteiger partial charge in [0, 0.05) is 30.0 Å². The van der Waals surface area contributed by atoms with Gasteiger partial charge in [0.25, 0.3) is 5.91 Å². The molecule has 31 heavy (non-hydrogen) atoms. The van der Waals surface area contributed by atoms with Gasteiger partial charge in [0.15, 0.2) is 0 Å².